The lowest BCUT2D eigenvalue weighted by molar-refractivity contribution is -0.142. The molecule has 216 valence electrons. The Bertz CT molecular complexity index is 1600. The fraction of sp³-hybridized carbons (Fsp3) is 0.222. The predicted molar refractivity (Wildman–Crippen MR) is 149 cm³/mol. The summed E-state index contributed by atoms with van der Waals surface area (Å²) in [4.78, 5) is 24.5. The van der Waals surface area contributed by atoms with Gasteiger partial charge in [0.1, 0.15) is 11.8 Å². The van der Waals surface area contributed by atoms with Crippen LogP contribution in [0.15, 0.2) is 99.8 Å². The van der Waals surface area contributed by atoms with Crippen LogP contribution in [0.1, 0.15) is 5.56 Å². The van der Waals surface area contributed by atoms with Crippen molar-refractivity contribution in [2.75, 3.05) is 33.4 Å². The molecule has 1 saturated heterocycles. The molecular formula is C27H28N4O8S2. The first-order chi connectivity index (χ1) is 19.6. The number of ether oxygens (including phenoxy) is 2. The van der Waals surface area contributed by atoms with Crippen molar-refractivity contribution in [2.45, 2.75) is 15.8 Å². The van der Waals surface area contributed by atoms with E-state index in [1.165, 1.54) is 37.6 Å². The summed E-state index contributed by atoms with van der Waals surface area (Å²) in [6.45, 7) is -1.03. The Morgan fingerprint density at radius 1 is 0.878 bits per heavy atom. The quantitative estimate of drug-likeness (QED) is 0.209. The van der Waals surface area contributed by atoms with E-state index in [-0.39, 0.29) is 29.5 Å². The van der Waals surface area contributed by atoms with Gasteiger partial charge in [-0.25, -0.2) is 27.1 Å². The number of piperazine rings is 1. The second kappa shape index (κ2) is 13.0. The lowest BCUT2D eigenvalue weighted by Crippen LogP contribution is -2.60. The molecule has 1 N–H and O–H groups in total. The minimum Gasteiger partial charge on any atom is -0.482 e. The number of nitrogens with zero attached hydrogens (tertiary/aromatic N) is 3. The first-order valence-electron chi connectivity index (χ1n) is 12.4. The molecule has 1 atom stereocenters. The van der Waals surface area contributed by atoms with Gasteiger partial charge in [0.15, 0.2) is 6.61 Å². The Hall–Kier alpha value is -4.11. The van der Waals surface area contributed by atoms with Crippen molar-refractivity contribution in [1.29, 1.82) is 0 Å². The van der Waals surface area contributed by atoms with E-state index in [0.29, 0.717) is 11.3 Å². The predicted octanol–water partition coefficient (Wildman–Crippen LogP) is 1.45. The van der Waals surface area contributed by atoms with Crippen molar-refractivity contribution in [1.82, 2.24) is 14.0 Å². The molecule has 1 aliphatic heterocycles. The van der Waals surface area contributed by atoms with Gasteiger partial charge in [0, 0.05) is 19.6 Å². The maximum absolute atomic E-state index is 13.5. The van der Waals surface area contributed by atoms with Crippen LogP contribution in [0.4, 0.5) is 0 Å². The van der Waals surface area contributed by atoms with Gasteiger partial charge in [-0.2, -0.15) is 13.7 Å². The van der Waals surface area contributed by atoms with Crippen LogP contribution in [0.2, 0.25) is 0 Å². The lowest BCUT2D eigenvalue weighted by Gasteiger charge is -2.38. The average molecular weight is 601 g/mol. The highest BCUT2D eigenvalue weighted by molar-refractivity contribution is 7.89. The molecule has 0 saturated carbocycles. The molecule has 14 heteroatoms. The molecule has 1 fully saturated rings. The van der Waals surface area contributed by atoms with Crippen molar-refractivity contribution in [3.63, 3.8) is 0 Å². The van der Waals surface area contributed by atoms with Gasteiger partial charge in [-0.1, -0.05) is 36.4 Å². The molecule has 4 rings (SSSR count). The van der Waals surface area contributed by atoms with E-state index in [0.717, 1.165) is 8.61 Å². The summed E-state index contributed by atoms with van der Waals surface area (Å²) in [7, 11) is -6.87. The number of hydrogen-bond donors (Lipinski definition) is 1. The average Bonchev–Trinajstić information content (AvgIpc) is 3.01. The fourth-order valence-corrected chi connectivity index (χ4v) is 7.08. The van der Waals surface area contributed by atoms with Crippen LogP contribution in [0.5, 0.6) is 5.75 Å². The topological polar surface area (TPSA) is 152 Å². The number of hydrogen-bond acceptors (Lipinski definition) is 9. The van der Waals surface area contributed by atoms with Crippen LogP contribution < -0.4 is 10.2 Å². The third-order valence-corrected chi connectivity index (χ3v) is 9.98. The molecule has 0 aromatic heterocycles. The van der Waals surface area contributed by atoms with Gasteiger partial charge in [-0.15, -0.1) is 0 Å². The molecule has 3 aromatic rings. The van der Waals surface area contributed by atoms with Crippen molar-refractivity contribution in [3.8, 4) is 5.75 Å². The molecule has 0 radical (unpaired) electrons. The first-order valence-corrected chi connectivity index (χ1v) is 15.3. The highest BCUT2D eigenvalue weighted by Gasteiger charge is 2.43. The normalized spacial score (nSPS) is 16.8. The summed E-state index contributed by atoms with van der Waals surface area (Å²) in [6, 6.07) is 20.4. The second-order valence-electron chi connectivity index (χ2n) is 8.79. The summed E-state index contributed by atoms with van der Waals surface area (Å²) in [5.41, 5.74) is 2.91. The molecule has 41 heavy (non-hydrogen) atoms. The second-order valence-corrected chi connectivity index (χ2v) is 12.6. The molecule has 0 unspecified atom stereocenters. The number of carbonyl (C=O) groups excluding carboxylic acids is 2. The number of benzene rings is 3. The molecule has 1 heterocycles. The molecule has 1 amide bonds. The van der Waals surface area contributed by atoms with E-state index in [4.69, 9.17) is 4.74 Å². The number of rotatable bonds is 10. The minimum absolute atomic E-state index is 0.0184. The monoisotopic (exact) mass is 600 g/mol. The summed E-state index contributed by atoms with van der Waals surface area (Å²) in [6.07, 6.45) is 1.33. The third-order valence-electron chi connectivity index (χ3n) is 6.18. The highest BCUT2D eigenvalue weighted by atomic mass is 32.2. The third kappa shape index (κ3) is 7.16. The SMILES string of the molecule is COC(=O)COc1ccc(/C=N\NC(=O)[C@H]2CN(S(=O)(=O)c3ccccc3)CCN2S(=O)(=O)c2ccccc2)cc1. The van der Waals surface area contributed by atoms with Gasteiger partial charge in [0.05, 0.1) is 23.1 Å². The van der Waals surface area contributed by atoms with E-state index in [1.807, 2.05) is 0 Å². The van der Waals surface area contributed by atoms with Crippen molar-refractivity contribution in [3.05, 3.63) is 90.5 Å². The molecule has 12 nitrogen and oxygen atoms in total. The number of methoxy groups -OCH3 is 1. The largest absolute Gasteiger partial charge is 0.482 e. The van der Waals surface area contributed by atoms with Crippen LogP contribution >= 0.6 is 0 Å². The lowest BCUT2D eigenvalue weighted by atomic mass is 10.2. The van der Waals surface area contributed by atoms with Gasteiger partial charge < -0.3 is 9.47 Å². The van der Waals surface area contributed by atoms with E-state index >= 15 is 0 Å². The maximum atomic E-state index is 13.5. The van der Waals surface area contributed by atoms with Crippen LogP contribution in [-0.2, 0) is 34.4 Å². The van der Waals surface area contributed by atoms with E-state index in [1.54, 1.807) is 60.7 Å². The Balaban J connectivity index is 1.53. The molecular weight excluding hydrogens is 572 g/mol. The van der Waals surface area contributed by atoms with Crippen molar-refractivity contribution >= 4 is 38.1 Å². The van der Waals surface area contributed by atoms with Gasteiger partial charge in [0.25, 0.3) is 5.91 Å². The van der Waals surface area contributed by atoms with Gasteiger partial charge in [-0.3, -0.25) is 4.79 Å². The Morgan fingerprint density at radius 2 is 1.46 bits per heavy atom. The number of nitrogens with one attached hydrogen (secondary N) is 1. The zero-order chi connectivity index (χ0) is 29.5. The number of sulfonamides is 2. The van der Waals surface area contributed by atoms with Crippen LogP contribution in [0, 0.1) is 0 Å². The van der Waals surface area contributed by atoms with Crippen molar-refractivity contribution < 1.29 is 35.9 Å². The van der Waals surface area contributed by atoms with E-state index in [9.17, 15) is 26.4 Å². The van der Waals surface area contributed by atoms with E-state index in [2.05, 4.69) is 15.3 Å². The number of carbonyl (C=O) groups is 2. The Morgan fingerprint density at radius 3 is 2.05 bits per heavy atom. The summed E-state index contributed by atoms with van der Waals surface area (Å²) in [5, 5.41) is 3.94. The highest BCUT2D eigenvalue weighted by Crippen LogP contribution is 2.25. The van der Waals surface area contributed by atoms with Crippen LogP contribution in [0.3, 0.4) is 0 Å². The zero-order valence-corrected chi connectivity index (χ0v) is 23.6. The summed E-state index contributed by atoms with van der Waals surface area (Å²) >= 11 is 0. The fourth-order valence-electron chi connectivity index (χ4n) is 4.03. The van der Waals surface area contributed by atoms with Gasteiger partial charge >= 0.3 is 5.97 Å². The number of esters is 1. The standard InChI is InChI=1S/C27H28N4O8S2/c1-38-26(32)20-39-22-14-12-21(13-15-22)18-28-29-27(33)25-19-30(40(34,35)23-8-4-2-5-9-23)16-17-31(25)41(36,37)24-10-6-3-7-11-24/h2-15,18,25H,16-17,19-20H2,1H3,(H,29,33)/b28-18-/t25-/m1/s1. The summed E-state index contributed by atoms with van der Waals surface area (Å²) in [5.74, 6) is -0.911. The minimum atomic E-state index is -4.13. The molecule has 3 aromatic carbocycles. The molecule has 0 bridgehead atoms. The first kappa shape index (κ1) is 29.9. The number of amides is 1. The zero-order valence-electron chi connectivity index (χ0n) is 22.0. The van der Waals surface area contributed by atoms with Gasteiger partial charge in [-0.05, 0) is 54.1 Å². The smallest absolute Gasteiger partial charge is 0.343 e. The van der Waals surface area contributed by atoms with E-state index < -0.39 is 44.5 Å². The molecule has 0 aliphatic carbocycles. The van der Waals surface area contributed by atoms with Crippen LogP contribution in [-0.4, -0.2) is 82.9 Å². The Kier molecular flexibility index (Phi) is 9.50. The molecule has 0 spiro atoms. The Labute approximate surface area is 238 Å². The number of hydrazone groups is 1. The maximum Gasteiger partial charge on any atom is 0.343 e. The summed E-state index contributed by atoms with van der Waals surface area (Å²) < 4.78 is 65.4. The van der Waals surface area contributed by atoms with Crippen molar-refractivity contribution in [2.24, 2.45) is 5.10 Å². The van der Waals surface area contributed by atoms with Crippen LogP contribution in [0.25, 0.3) is 0 Å². The van der Waals surface area contributed by atoms with Gasteiger partial charge in [0.2, 0.25) is 20.0 Å². The molecule has 1 aliphatic rings.